The van der Waals surface area contributed by atoms with Gasteiger partial charge in [0, 0.05) is 4.88 Å². The van der Waals surface area contributed by atoms with Crippen molar-refractivity contribution in [3.8, 4) is 0 Å². The number of nitrogens with zero attached hydrogens (tertiary/aromatic N) is 2. The van der Waals surface area contributed by atoms with Crippen LogP contribution in [0.4, 0.5) is 0 Å². The molecule has 0 aromatic carbocycles. The zero-order valence-corrected chi connectivity index (χ0v) is 7.91. The number of rotatable bonds is 2. The summed E-state index contributed by atoms with van der Waals surface area (Å²) in [5.41, 5.74) is 7.10. The summed E-state index contributed by atoms with van der Waals surface area (Å²) in [6.45, 7) is 2.02. The first-order chi connectivity index (χ1) is 6.29. The summed E-state index contributed by atoms with van der Waals surface area (Å²) in [5, 5.41) is 5.71. The number of hydrogen-bond donors (Lipinski definition) is 1. The molecule has 0 spiro atoms. The van der Waals surface area contributed by atoms with Gasteiger partial charge < -0.3 is 10.3 Å². The molecule has 2 aromatic rings. The lowest BCUT2D eigenvalue weighted by atomic mass is 10.2. The van der Waals surface area contributed by atoms with Crippen molar-refractivity contribution in [3.63, 3.8) is 0 Å². The number of hydrogen-bond acceptors (Lipinski definition) is 5. The largest absolute Gasteiger partial charge is 0.343 e. The van der Waals surface area contributed by atoms with Gasteiger partial charge in [-0.1, -0.05) is 5.16 Å². The molecule has 1 atom stereocenters. The first-order valence-corrected chi connectivity index (χ1v) is 4.73. The van der Waals surface area contributed by atoms with E-state index in [1.807, 2.05) is 18.4 Å². The minimum Gasteiger partial charge on any atom is -0.343 e. The predicted molar refractivity (Wildman–Crippen MR) is 49.4 cm³/mol. The normalized spacial score (nSPS) is 13.1. The van der Waals surface area contributed by atoms with E-state index in [2.05, 4.69) is 14.7 Å². The third-order valence-electron chi connectivity index (χ3n) is 1.84. The van der Waals surface area contributed by atoms with Crippen LogP contribution < -0.4 is 5.73 Å². The van der Waals surface area contributed by atoms with Crippen molar-refractivity contribution in [3.05, 3.63) is 34.1 Å². The van der Waals surface area contributed by atoms with Gasteiger partial charge in [-0.15, -0.1) is 11.3 Å². The van der Waals surface area contributed by atoms with E-state index < -0.39 is 0 Å². The molecular formula is C8H9N3OS. The predicted octanol–water partition coefficient (Wildman–Crippen LogP) is 1.49. The molecule has 0 radical (unpaired) electrons. The van der Waals surface area contributed by atoms with Crippen LogP contribution >= 0.6 is 11.3 Å². The molecule has 0 fully saturated rings. The Morgan fingerprint density at radius 2 is 2.46 bits per heavy atom. The second-order valence-electron chi connectivity index (χ2n) is 2.73. The van der Waals surface area contributed by atoms with E-state index in [0.29, 0.717) is 5.82 Å². The van der Waals surface area contributed by atoms with E-state index in [4.69, 9.17) is 5.73 Å². The fraction of sp³-hybridized carbons (Fsp3) is 0.250. The zero-order chi connectivity index (χ0) is 9.26. The van der Waals surface area contributed by atoms with Crippen molar-refractivity contribution in [2.45, 2.75) is 13.0 Å². The van der Waals surface area contributed by atoms with E-state index in [9.17, 15) is 0 Å². The average molecular weight is 195 g/mol. The monoisotopic (exact) mass is 195 g/mol. The quantitative estimate of drug-likeness (QED) is 0.788. The third kappa shape index (κ3) is 1.48. The summed E-state index contributed by atoms with van der Waals surface area (Å²) >= 11 is 1.61. The van der Waals surface area contributed by atoms with E-state index >= 15 is 0 Å². The fourth-order valence-corrected chi connectivity index (χ4v) is 2.06. The Bertz CT molecular complexity index is 382. The van der Waals surface area contributed by atoms with Crippen molar-refractivity contribution in [1.29, 1.82) is 0 Å². The van der Waals surface area contributed by atoms with Crippen LogP contribution in [-0.4, -0.2) is 10.1 Å². The second-order valence-corrected chi connectivity index (χ2v) is 3.68. The average Bonchev–Trinajstić information content (AvgIpc) is 2.72. The molecule has 13 heavy (non-hydrogen) atoms. The number of thiophene rings is 1. The summed E-state index contributed by atoms with van der Waals surface area (Å²) in [4.78, 5) is 5.00. The number of nitrogens with two attached hydrogens (primary N) is 1. The standard InChI is InChI=1S/C8H9N3OS/c1-5-2-3-13-7(5)6(9)8-10-4-12-11-8/h2-4,6H,9H2,1H3. The zero-order valence-electron chi connectivity index (χ0n) is 7.10. The minimum atomic E-state index is -0.265. The first-order valence-electron chi connectivity index (χ1n) is 3.85. The van der Waals surface area contributed by atoms with Gasteiger partial charge in [-0.2, -0.15) is 4.98 Å². The van der Waals surface area contributed by atoms with Crippen LogP contribution in [0.1, 0.15) is 22.3 Å². The van der Waals surface area contributed by atoms with Crippen LogP contribution in [-0.2, 0) is 0 Å². The lowest BCUT2D eigenvalue weighted by molar-refractivity contribution is 0.407. The Hall–Kier alpha value is -1.20. The lowest BCUT2D eigenvalue weighted by Gasteiger charge is -2.04. The Morgan fingerprint density at radius 3 is 3.00 bits per heavy atom. The Kier molecular flexibility index (Phi) is 2.12. The second kappa shape index (κ2) is 3.27. The lowest BCUT2D eigenvalue weighted by Crippen LogP contribution is -2.12. The number of aromatic nitrogens is 2. The van der Waals surface area contributed by atoms with E-state index in [1.165, 1.54) is 12.0 Å². The van der Waals surface area contributed by atoms with Gasteiger partial charge in [0.2, 0.25) is 6.39 Å². The highest BCUT2D eigenvalue weighted by Gasteiger charge is 2.16. The summed E-state index contributed by atoms with van der Waals surface area (Å²) in [6, 6.07) is 1.76. The van der Waals surface area contributed by atoms with Crippen LogP contribution in [0, 0.1) is 6.92 Å². The van der Waals surface area contributed by atoms with Crippen molar-refractivity contribution in [2.24, 2.45) is 5.73 Å². The molecule has 1 unspecified atom stereocenters. The molecule has 2 heterocycles. The Balaban J connectivity index is 2.33. The summed E-state index contributed by atoms with van der Waals surface area (Å²) < 4.78 is 4.64. The van der Waals surface area contributed by atoms with Gasteiger partial charge in [0.05, 0.1) is 0 Å². The van der Waals surface area contributed by atoms with Gasteiger partial charge in [-0.25, -0.2) is 0 Å². The van der Waals surface area contributed by atoms with Crippen LogP contribution in [0.3, 0.4) is 0 Å². The highest BCUT2D eigenvalue weighted by Crippen LogP contribution is 2.25. The molecule has 2 rings (SSSR count). The maximum atomic E-state index is 5.93. The van der Waals surface area contributed by atoms with Crippen LogP contribution in [0.2, 0.25) is 0 Å². The van der Waals surface area contributed by atoms with Crippen LogP contribution in [0.15, 0.2) is 22.4 Å². The molecule has 2 N–H and O–H groups in total. The van der Waals surface area contributed by atoms with E-state index in [-0.39, 0.29) is 6.04 Å². The van der Waals surface area contributed by atoms with E-state index in [0.717, 1.165) is 4.88 Å². The first kappa shape index (κ1) is 8.40. The highest BCUT2D eigenvalue weighted by atomic mass is 32.1. The Morgan fingerprint density at radius 1 is 1.62 bits per heavy atom. The van der Waals surface area contributed by atoms with Crippen LogP contribution in [0.5, 0.6) is 0 Å². The maximum Gasteiger partial charge on any atom is 0.213 e. The van der Waals surface area contributed by atoms with Gasteiger partial charge in [-0.3, -0.25) is 0 Å². The molecular weight excluding hydrogens is 186 g/mol. The van der Waals surface area contributed by atoms with Crippen LogP contribution in [0.25, 0.3) is 0 Å². The van der Waals surface area contributed by atoms with Crippen molar-refractivity contribution >= 4 is 11.3 Å². The molecule has 2 aromatic heterocycles. The van der Waals surface area contributed by atoms with Gasteiger partial charge in [0.1, 0.15) is 6.04 Å². The molecule has 0 saturated heterocycles. The molecule has 0 saturated carbocycles. The molecule has 4 nitrogen and oxygen atoms in total. The minimum absolute atomic E-state index is 0.265. The summed E-state index contributed by atoms with van der Waals surface area (Å²) in [5.74, 6) is 0.533. The number of aryl methyl sites for hydroxylation is 1. The molecule has 5 heteroatoms. The summed E-state index contributed by atoms with van der Waals surface area (Å²) in [6.07, 6.45) is 1.29. The summed E-state index contributed by atoms with van der Waals surface area (Å²) in [7, 11) is 0. The van der Waals surface area contributed by atoms with Crippen molar-refractivity contribution in [1.82, 2.24) is 10.1 Å². The van der Waals surface area contributed by atoms with E-state index in [1.54, 1.807) is 11.3 Å². The molecule has 0 bridgehead atoms. The fourth-order valence-electron chi connectivity index (χ4n) is 1.14. The molecule has 68 valence electrons. The third-order valence-corrected chi connectivity index (χ3v) is 2.94. The smallest absolute Gasteiger partial charge is 0.213 e. The topological polar surface area (TPSA) is 64.9 Å². The van der Waals surface area contributed by atoms with Gasteiger partial charge >= 0.3 is 0 Å². The van der Waals surface area contributed by atoms with Crippen molar-refractivity contribution in [2.75, 3.05) is 0 Å². The molecule has 0 aliphatic carbocycles. The molecule has 0 amide bonds. The SMILES string of the molecule is Cc1ccsc1C(N)c1ncon1. The Labute approximate surface area is 79.4 Å². The van der Waals surface area contributed by atoms with Gasteiger partial charge in [-0.05, 0) is 23.9 Å². The van der Waals surface area contributed by atoms with Gasteiger partial charge in [0.15, 0.2) is 5.82 Å². The maximum absolute atomic E-state index is 5.93. The molecule has 0 aliphatic heterocycles. The van der Waals surface area contributed by atoms with Crippen molar-refractivity contribution < 1.29 is 4.52 Å². The highest BCUT2D eigenvalue weighted by molar-refractivity contribution is 7.10. The van der Waals surface area contributed by atoms with Gasteiger partial charge in [0.25, 0.3) is 0 Å². The molecule has 0 aliphatic rings.